The minimum atomic E-state index is -1.19. The maximum atomic E-state index is 14.7. The summed E-state index contributed by atoms with van der Waals surface area (Å²) in [5.74, 6) is -5.84. The van der Waals surface area contributed by atoms with Crippen LogP contribution in [0.15, 0.2) is 36.4 Å². The molecule has 4 saturated heterocycles. The van der Waals surface area contributed by atoms with Crippen molar-refractivity contribution in [3.05, 3.63) is 47.0 Å². The van der Waals surface area contributed by atoms with E-state index in [2.05, 4.69) is 39.1 Å². The second-order valence-electron chi connectivity index (χ2n) is 19.9. The minimum Gasteiger partial charge on any atom is -0.550 e. The third-order valence-corrected chi connectivity index (χ3v) is 16.2. The average molecular weight is 897 g/mol. The van der Waals surface area contributed by atoms with Gasteiger partial charge in [0.25, 0.3) is 0 Å². The van der Waals surface area contributed by atoms with E-state index in [0.717, 1.165) is 18.4 Å². The summed E-state index contributed by atoms with van der Waals surface area (Å²) in [4.78, 5) is 26.6. The predicted molar refractivity (Wildman–Crippen MR) is 232 cm³/mol. The summed E-state index contributed by atoms with van der Waals surface area (Å²) >= 11 is 6.21. The van der Waals surface area contributed by atoms with Gasteiger partial charge in [-0.25, -0.2) is 0 Å². The Kier molecular flexibility index (Phi) is 17.6. The molecule has 62 heavy (non-hydrogen) atoms. The number of aliphatic hydroxyl groups is 2. The molecule has 1 aromatic rings. The summed E-state index contributed by atoms with van der Waals surface area (Å²) < 4.78 is 34.9. The van der Waals surface area contributed by atoms with Gasteiger partial charge in [0.1, 0.15) is 5.78 Å². The molecule has 6 rings (SSSR count). The van der Waals surface area contributed by atoms with Crippen molar-refractivity contribution in [2.24, 2.45) is 41.4 Å². The summed E-state index contributed by atoms with van der Waals surface area (Å²) in [6, 6.07) is 7.41. The molecule has 0 bridgehead atoms. The standard InChI is InChI=1S/C49H76ClNO10.Na/c1-11-36(45(54)55)38-19-14-28(4)43(58-38)32(8)41(52)31(7)42(53)37(12-2)44-29(5)26-30(6)48(59-44)23-20-39(51-27-34-15-17-35(50)18-16-34)49(61-48)25-24-46(10,60-49)40-21-22-47(56,13-3)33(9)57-40;/h15-18,20,23,28-33,36-41,43-44,51-52,56H,11-14,19,21-22,24-27H2,1-10H3,(H,54,55);/q;+1/p-1/t28-,29-,30+,31-,32-,33-,36+,37-,38+,39-,40+,41+,43+,44-,46-,47+,48-,49-;/m0./s1. The third kappa shape index (κ3) is 10.4. The normalized spacial score (nSPS) is 41.0. The van der Waals surface area contributed by atoms with Crippen LogP contribution < -0.4 is 40.0 Å². The van der Waals surface area contributed by atoms with Gasteiger partial charge in [0, 0.05) is 53.5 Å². The number of carbonyl (C=O) groups excluding carboxylic acids is 2. The maximum Gasteiger partial charge on any atom is 1.00 e. The van der Waals surface area contributed by atoms with Gasteiger partial charge in [-0.3, -0.25) is 4.79 Å². The number of rotatable bonds is 15. The summed E-state index contributed by atoms with van der Waals surface area (Å²) in [6.07, 6.45) is 7.34. The molecule has 5 heterocycles. The van der Waals surface area contributed by atoms with Crippen LogP contribution in [0.5, 0.6) is 0 Å². The second-order valence-corrected chi connectivity index (χ2v) is 20.4. The van der Waals surface area contributed by atoms with Crippen LogP contribution in [0.1, 0.15) is 139 Å². The van der Waals surface area contributed by atoms with Gasteiger partial charge in [-0.05, 0) is 107 Å². The van der Waals surface area contributed by atoms with Crippen LogP contribution in [-0.2, 0) is 39.8 Å². The van der Waals surface area contributed by atoms with Crippen molar-refractivity contribution in [1.82, 2.24) is 5.32 Å². The topological polar surface area (TPSA) is 156 Å². The first-order valence-electron chi connectivity index (χ1n) is 23.5. The van der Waals surface area contributed by atoms with Gasteiger partial charge in [-0.1, -0.05) is 85.2 Å². The van der Waals surface area contributed by atoms with Crippen molar-refractivity contribution in [2.75, 3.05) is 0 Å². The van der Waals surface area contributed by atoms with E-state index >= 15 is 0 Å². The van der Waals surface area contributed by atoms with Gasteiger partial charge in [0.15, 0.2) is 11.6 Å². The molecule has 344 valence electrons. The Morgan fingerprint density at radius 2 is 1.60 bits per heavy atom. The number of carbonyl (C=O) groups is 2. The Bertz CT molecular complexity index is 1700. The van der Waals surface area contributed by atoms with Crippen molar-refractivity contribution in [3.63, 3.8) is 0 Å². The molecular weight excluding hydrogens is 821 g/mol. The quantitative estimate of drug-likeness (QED) is 0.171. The zero-order chi connectivity index (χ0) is 44.7. The molecule has 0 aromatic heterocycles. The Hall–Kier alpha value is -0.930. The molecule has 0 aliphatic carbocycles. The smallest absolute Gasteiger partial charge is 0.550 e. The predicted octanol–water partition coefficient (Wildman–Crippen LogP) is 4.31. The number of nitrogens with one attached hydrogen (secondary N) is 1. The second kappa shape index (κ2) is 20.9. The number of halogens is 1. The number of Topliss-reactive ketones (excluding diaryl/α,β-unsaturated/α-hetero) is 1. The SMILES string of the molecule is CC[C@@H](C(=O)[C@@H](C)[C@@H](O)[C@H](C)[C@@H]1O[C@@H]([C@@H](CC)C(=O)[O-])CC[C@@H]1C)[C@H]1O[C@]2(C=C[C@H](NCc3ccc(Cl)cc3)[C@]3(CC[C@@](C)([C@H]4CC[C@](O)(CC)[C@H](C)O4)O3)O2)[C@H](C)C[C@@H]1C.[Na+]. The number of carboxylic acid groups (broad SMARTS) is 1. The van der Waals surface area contributed by atoms with Gasteiger partial charge in [-0.15, -0.1) is 0 Å². The molecule has 0 radical (unpaired) electrons. The first-order chi connectivity index (χ1) is 28.8. The van der Waals surface area contributed by atoms with E-state index < -0.39 is 76.8 Å². The number of aliphatic hydroxyl groups excluding tert-OH is 1. The Labute approximate surface area is 398 Å². The van der Waals surface area contributed by atoms with E-state index in [4.69, 9.17) is 35.3 Å². The fourth-order valence-corrected chi connectivity index (χ4v) is 11.7. The molecule has 4 fully saturated rings. The van der Waals surface area contributed by atoms with E-state index in [0.29, 0.717) is 62.9 Å². The number of ketones is 1. The number of ether oxygens (including phenoxy) is 5. The van der Waals surface area contributed by atoms with Crippen LogP contribution >= 0.6 is 11.6 Å². The number of hydrogen-bond acceptors (Lipinski definition) is 11. The van der Waals surface area contributed by atoms with Crippen molar-refractivity contribution < 1.29 is 78.2 Å². The van der Waals surface area contributed by atoms with E-state index in [1.165, 1.54) is 0 Å². The Morgan fingerprint density at radius 3 is 2.21 bits per heavy atom. The van der Waals surface area contributed by atoms with Crippen LogP contribution in [0.25, 0.3) is 0 Å². The maximum absolute atomic E-state index is 14.7. The summed E-state index contributed by atoms with van der Waals surface area (Å²) in [6.45, 7) is 20.4. The van der Waals surface area contributed by atoms with E-state index in [1.807, 2.05) is 65.0 Å². The Balaban J connectivity index is 0.00000726. The van der Waals surface area contributed by atoms with E-state index in [1.54, 1.807) is 6.92 Å². The number of benzene rings is 1. The molecule has 0 saturated carbocycles. The van der Waals surface area contributed by atoms with Gasteiger partial charge >= 0.3 is 29.6 Å². The first-order valence-corrected chi connectivity index (χ1v) is 23.8. The molecule has 0 amide bonds. The fourth-order valence-electron chi connectivity index (χ4n) is 11.5. The van der Waals surface area contributed by atoms with Gasteiger partial charge in [0.05, 0.1) is 53.9 Å². The van der Waals surface area contributed by atoms with Crippen LogP contribution in [-0.4, -0.2) is 87.4 Å². The van der Waals surface area contributed by atoms with Gasteiger partial charge in [-0.2, -0.15) is 0 Å². The van der Waals surface area contributed by atoms with Crippen LogP contribution in [0.4, 0.5) is 0 Å². The molecule has 18 atom stereocenters. The minimum absolute atomic E-state index is 0. The Morgan fingerprint density at radius 1 is 0.919 bits per heavy atom. The number of aliphatic carboxylic acids is 1. The zero-order valence-corrected chi connectivity index (χ0v) is 42.1. The van der Waals surface area contributed by atoms with Crippen LogP contribution in [0.3, 0.4) is 0 Å². The summed E-state index contributed by atoms with van der Waals surface area (Å²) in [7, 11) is 0. The molecule has 3 N–H and O–H groups in total. The van der Waals surface area contributed by atoms with Crippen molar-refractivity contribution in [2.45, 2.75) is 205 Å². The molecule has 5 aliphatic rings. The average Bonchev–Trinajstić information content (AvgIpc) is 3.57. The molecule has 11 nitrogen and oxygen atoms in total. The largest absolute Gasteiger partial charge is 1.00 e. The van der Waals surface area contributed by atoms with Crippen molar-refractivity contribution in [1.29, 1.82) is 0 Å². The monoisotopic (exact) mass is 895 g/mol. The van der Waals surface area contributed by atoms with Crippen LogP contribution in [0.2, 0.25) is 5.02 Å². The molecule has 2 spiro atoms. The third-order valence-electron chi connectivity index (χ3n) is 15.9. The van der Waals surface area contributed by atoms with Gasteiger partial charge in [0.2, 0.25) is 0 Å². The molecule has 5 aliphatic heterocycles. The molecule has 1 aromatic carbocycles. The molecular formula is C49H75ClNNaO10. The van der Waals surface area contributed by atoms with E-state index in [-0.39, 0.29) is 71.3 Å². The number of hydrogen-bond donors (Lipinski definition) is 3. The summed E-state index contributed by atoms with van der Waals surface area (Å²) in [5, 5.41) is 39.4. The zero-order valence-electron chi connectivity index (χ0n) is 39.4. The van der Waals surface area contributed by atoms with Crippen LogP contribution in [0, 0.1) is 41.4 Å². The van der Waals surface area contributed by atoms with Gasteiger partial charge < -0.3 is 49.1 Å². The first kappa shape index (κ1) is 52.0. The molecule has 0 unspecified atom stereocenters. The number of carboxylic acids is 1. The van der Waals surface area contributed by atoms with E-state index in [9.17, 15) is 24.9 Å². The van der Waals surface area contributed by atoms with Crippen molar-refractivity contribution in [3.8, 4) is 0 Å². The van der Waals surface area contributed by atoms with Crippen molar-refractivity contribution >= 4 is 23.4 Å². The fraction of sp³-hybridized carbons (Fsp3) is 0.796. The molecule has 13 heteroatoms. The summed E-state index contributed by atoms with van der Waals surface area (Å²) in [5.41, 5.74) is -0.513.